The SMILES string of the molecule is Cc1cc(C)cc(S(=O)(=O)NCc2c(C)nc3sc(C)nn23)c1. The van der Waals surface area contributed by atoms with E-state index in [0.29, 0.717) is 0 Å². The maximum absolute atomic E-state index is 12.5. The first kappa shape index (κ1) is 16.1. The molecule has 0 unspecified atom stereocenters. The molecule has 2 aromatic heterocycles. The number of aryl methyl sites for hydroxylation is 4. The predicted octanol–water partition coefficient (Wildman–Crippen LogP) is 2.50. The summed E-state index contributed by atoms with van der Waals surface area (Å²) in [6, 6.07) is 5.28. The van der Waals surface area contributed by atoms with Gasteiger partial charge in [-0.2, -0.15) is 5.10 Å². The summed E-state index contributed by atoms with van der Waals surface area (Å²) < 4.78 is 29.4. The summed E-state index contributed by atoms with van der Waals surface area (Å²) in [6.07, 6.45) is 0. The highest BCUT2D eigenvalue weighted by atomic mass is 32.2. The molecule has 0 atom stereocenters. The molecule has 23 heavy (non-hydrogen) atoms. The molecule has 2 heterocycles. The molecular formula is C15H18N4O2S2. The van der Waals surface area contributed by atoms with Crippen molar-refractivity contribution in [2.45, 2.75) is 39.1 Å². The molecular weight excluding hydrogens is 332 g/mol. The van der Waals surface area contributed by atoms with E-state index in [9.17, 15) is 8.42 Å². The second-order valence-corrected chi connectivity index (χ2v) is 8.53. The molecule has 0 aliphatic heterocycles. The molecule has 0 radical (unpaired) electrons. The summed E-state index contributed by atoms with van der Waals surface area (Å²) in [5.41, 5.74) is 3.39. The standard InChI is InChI=1S/C15H18N4O2S2/c1-9-5-10(2)7-13(6-9)23(20,21)16-8-14-11(3)17-15-19(14)18-12(4)22-15/h5-7,16H,8H2,1-4H3. The molecule has 1 N–H and O–H groups in total. The van der Waals surface area contributed by atoms with E-state index in [1.54, 1.807) is 16.6 Å². The van der Waals surface area contributed by atoms with Crippen LogP contribution in [0.15, 0.2) is 23.1 Å². The first-order valence-corrected chi connectivity index (χ1v) is 9.46. The first-order chi connectivity index (χ1) is 10.8. The Labute approximate surface area is 139 Å². The monoisotopic (exact) mass is 350 g/mol. The van der Waals surface area contributed by atoms with E-state index in [1.165, 1.54) is 11.3 Å². The van der Waals surface area contributed by atoms with Gasteiger partial charge in [0.15, 0.2) is 0 Å². The van der Waals surface area contributed by atoms with Gasteiger partial charge in [0, 0.05) is 0 Å². The second-order valence-electron chi connectivity index (χ2n) is 5.61. The maximum atomic E-state index is 12.5. The van der Waals surface area contributed by atoms with Crippen molar-refractivity contribution in [2.75, 3.05) is 0 Å². The van der Waals surface area contributed by atoms with Crippen LogP contribution in [0.4, 0.5) is 0 Å². The van der Waals surface area contributed by atoms with E-state index in [-0.39, 0.29) is 11.4 Å². The molecule has 0 saturated carbocycles. The van der Waals surface area contributed by atoms with Crippen molar-refractivity contribution in [1.82, 2.24) is 19.3 Å². The van der Waals surface area contributed by atoms with Gasteiger partial charge in [0.05, 0.1) is 22.8 Å². The number of aromatic nitrogens is 3. The third kappa shape index (κ3) is 3.15. The molecule has 6 nitrogen and oxygen atoms in total. The lowest BCUT2D eigenvalue weighted by atomic mass is 10.2. The van der Waals surface area contributed by atoms with E-state index < -0.39 is 10.0 Å². The van der Waals surface area contributed by atoms with Crippen LogP contribution < -0.4 is 4.72 Å². The molecule has 1 aromatic carbocycles. The number of rotatable bonds is 4. The van der Waals surface area contributed by atoms with E-state index in [1.807, 2.05) is 33.8 Å². The summed E-state index contributed by atoms with van der Waals surface area (Å²) in [5, 5.41) is 5.27. The highest BCUT2D eigenvalue weighted by molar-refractivity contribution is 7.89. The molecule has 0 fully saturated rings. The van der Waals surface area contributed by atoms with Crippen LogP contribution in [0.5, 0.6) is 0 Å². The molecule has 122 valence electrons. The van der Waals surface area contributed by atoms with Gasteiger partial charge in [-0.25, -0.2) is 22.6 Å². The Morgan fingerprint density at radius 1 is 1.13 bits per heavy atom. The summed E-state index contributed by atoms with van der Waals surface area (Å²) >= 11 is 1.48. The highest BCUT2D eigenvalue weighted by Gasteiger charge is 2.18. The van der Waals surface area contributed by atoms with Crippen LogP contribution in [0.2, 0.25) is 0 Å². The lowest BCUT2D eigenvalue weighted by molar-refractivity contribution is 0.579. The minimum Gasteiger partial charge on any atom is -0.223 e. The number of nitrogens with zero attached hydrogens (tertiary/aromatic N) is 3. The Morgan fingerprint density at radius 2 is 1.78 bits per heavy atom. The Balaban J connectivity index is 1.90. The number of hydrogen-bond donors (Lipinski definition) is 1. The maximum Gasteiger partial charge on any atom is 0.240 e. The fraction of sp³-hybridized carbons (Fsp3) is 0.333. The number of nitrogens with one attached hydrogen (secondary N) is 1. The van der Waals surface area contributed by atoms with Crippen LogP contribution in [-0.4, -0.2) is 23.0 Å². The van der Waals surface area contributed by atoms with Crippen molar-refractivity contribution in [3.63, 3.8) is 0 Å². The molecule has 0 spiro atoms. The molecule has 8 heteroatoms. The minimum atomic E-state index is -3.58. The highest BCUT2D eigenvalue weighted by Crippen LogP contribution is 2.19. The van der Waals surface area contributed by atoms with Crippen LogP contribution >= 0.6 is 11.3 Å². The lowest BCUT2D eigenvalue weighted by Gasteiger charge is -2.08. The van der Waals surface area contributed by atoms with Gasteiger partial charge in [0.1, 0.15) is 5.01 Å². The smallest absolute Gasteiger partial charge is 0.223 e. The van der Waals surface area contributed by atoms with Gasteiger partial charge >= 0.3 is 0 Å². The van der Waals surface area contributed by atoms with Gasteiger partial charge in [0.25, 0.3) is 0 Å². The third-order valence-electron chi connectivity index (χ3n) is 3.53. The van der Waals surface area contributed by atoms with Crippen LogP contribution in [0.25, 0.3) is 4.96 Å². The third-order valence-corrected chi connectivity index (χ3v) is 5.74. The average molecular weight is 350 g/mol. The second kappa shape index (κ2) is 5.70. The van der Waals surface area contributed by atoms with Gasteiger partial charge in [-0.05, 0) is 51.0 Å². The molecule has 0 amide bonds. The van der Waals surface area contributed by atoms with E-state index in [0.717, 1.165) is 32.5 Å². The van der Waals surface area contributed by atoms with Crippen molar-refractivity contribution in [3.8, 4) is 0 Å². The molecule has 3 rings (SSSR count). The Bertz CT molecular complexity index is 966. The fourth-order valence-electron chi connectivity index (χ4n) is 2.52. The van der Waals surface area contributed by atoms with Gasteiger partial charge < -0.3 is 0 Å². The zero-order valence-corrected chi connectivity index (χ0v) is 15.0. The molecule has 0 bridgehead atoms. The zero-order chi connectivity index (χ0) is 16.8. The molecule has 0 aliphatic rings. The topological polar surface area (TPSA) is 76.4 Å². The molecule has 0 saturated heterocycles. The lowest BCUT2D eigenvalue weighted by Crippen LogP contribution is -2.24. The number of fused-ring (bicyclic) bond motifs is 1. The van der Waals surface area contributed by atoms with Gasteiger partial charge in [-0.1, -0.05) is 17.4 Å². The summed E-state index contributed by atoms with van der Waals surface area (Å²) in [6.45, 7) is 7.68. The summed E-state index contributed by atoms with van der Waals surface area (Å²) in [7, 11) is -3.58. The summed E-state index contributed by atoms with van der Waals surface area (Å²) in [4.78, 5) is 5.48. The minimum absolute atomic E-state index is 0.158. The van der Waals surface area contributed by atoms with Crippen LogP contribution in [0, 0.1) is 27.7 Å². The van der Waals surface area contributed by atoms with Crippen molar-refractivity contribution < 1.29 is 8.42 Å². The van der Waals surface area contributed by atoms with Crippen LogP contribution in [0.1, 0.15) is 27.5 Å². The number of sulfonamides is 1. The van der Waals surface area contributed by atoms with Crippen LogP contribution in [0.3, 0.4) is 0 Å². The predicted molar refractivity (Wildman–Crippen MR) is 90.3 cm³/mol. The van der Waals surface area contributed by atoms with Crippen molar-refractivity contribution in [3.05, 3.63) is 45.7 Å². The number of benzene rings is 1. The van der Waals surface area contributed by atoms with Crippen LogP contribution in [-0.2, 0) is 16.6 Å². The van der Waals surface area contributed by atoms with Gasteiger partial charge in [0.2, 0.25) is 15.0 Å². The van der Waals surface area contributed by atoms with Gasteiger partial charge in [-0.15, -0.1) is 0 Å². The zero-order valence-electron chi connectivity index (χ0n) is 13.4. The average Bonchev–Trinajstić information content (AvgIpc) is 2.90. The Kier molecular flexibility index (Phi) is 3.99. The van der Waals surface area contributed by atoms with Crippen molar-refractivity contribution in [1.29, 1.82) is 0 Å². The first-order valence-electron chi connectivity index (χ1n) is 7.16. The van der Waals surface area contributed by atoms with E-state index >= 15 is 0 Å². The molecule has 0 aliphatic carbocycles. The number of imidazole rings is 1. The Morgan fingerprint density at radius 3 is 2.43 bits per heavy atom. The normalized spacial score (nSPS) is 12.2. The largest absolute Gasteiger partial charge is 0.240 e. The van der Waals surface area contributed by atoms with E-state index in [4.69, 9.17) is 0 Å². The fourth-order valence-corrected chi connectivity index (χ4v) is 4.51. The molecule has 3 aromatic rings. The quantitative estimate of drug-likeness (QED) is 0.784. The summed E-state index contributed by atoms with van der Waals surface area (Å²) in [5.74, 6) is 0. The van der Waals surface area contributed by atoms with Crippen molar-refractivity contribution in [2.24, 2.45) is 0 Å². The van der Waals surface area contributed by atoms with Crippen molar-refractivity contribution >= 4 is 26.3 Å². The number of hydrogen-bond acceptors (Lipinski definition) is 5. The van der Waals surface area contributed by atoms with Gasteiger partial charge in [-0.3, -0.25) is 0 Å². The Hall–Kier alpha value is -1.77. The van der Waals surface area contributed by atoms with E-state index in [2.05, 4.69) is 14.8 Å².